The van der Waals surface area contributed by atoms with Crippen LogP contribution >= 0.6 is 0 Å². The van der Waals surface area contributed by atoms with Gasteiger partial charge in [-0.2, -0.15) is 4.39 Å². The van der Waals surface area contributed by atoms with Crippen LogP contribution in [0.5, 0.6) is 0 Å². The number of hydrogen-bond donors (Lipinski definition) is 1. The summed E-state index contributed by atoms with van der Waals surface area (Å²) >= 11 is 0. The maximum absolute atomic E-state index is 13.5. The number of benzene rings is 1. The van der Waals surface area contributed by atoms with Gasteiger partial charge in [-0.05, 0) is 24.3 Å². The second-order valence-corrected chi connectivity index (χ2v) is 6.47. The van der Waals surface area contributed by atoms with Gasteiger partial charge in [0.1, 0.15) is 11.5 Å². The Hall–Kier alpha value is -3.49. The van der Waals surface area contributed by atoms with E-state index < -0.39 is 16.4 Å². The van der Waals surface area contributed by atoms with Crippen molar-refractivity contribution < 1.29 is 14.1 Å². The zero-order chi connectivity index (χ0) is 19.3. The molecule has 1 aliphatic heterocycles. The van der Waals surface area contributed by atoms with Crippen molar-refractivity contribution in [3.63, 3.8) is 0 Å². The van der Waals surface area contributed by atoms with Gasteiger partial charge in [0.15, 0.2) is 0 Å². The van der Waals surface area contributed by atoms with Gasteiger partial charge in [-0.25, -0.2) is 4.98 Å². The van der Waals surface area contributed by atoms with E-state index in [0.29, 0.717) is 29.3 Å². The molecule has 0 saturated heterocycles. The Labute approximate surface area is 153 Å². The van der Waals surface area contributed by atoms with Crippen LogP contribution in [0.1, 0.15) is 16.1 Å². The molecule has 0 saturated carbocycles. The van der Waals surface area contributed by atoms with Crippen LogP contribution < -0.4 is 5.32 Å². The van der Waals surface area contributed by atoms with Crippen LogP contribution in [0.15, 0.2) is 30.3 Å². The molecular formula is C18H16FN5O3. The van der Waals surface area contributed by atoms with E-state index in [1.54, 1.807) is 24.1 Å². The molecule has 1 aliphatic rings. The number of hydrogen-bond acceptors (Lipinski definition) is 5. The zero-order valence-corrected chi connectivity index (χ0v) is 14.7. The standard InChI is InChI=1S/C18H16FN5O3/c1-22-8-7-13-16(18(22)25)11-4-6-15(21-17(11)23(13)2)20-10-3-5-12(19)14(9-10)24(26)27/h3-6,9H,7-8H2,1-2H3,(H,20,21). The lowest BCUT2D eigenvalue weighted by Gasteiger charge is -2.23. The summed E-state index contributed by atoms with van der Waals surface area (Å²) in [5, 5.41) is 14.6. The minimum atomic E-state index is -0.897. The molecule has 4 rings (SSSR count). The molecule has 0 unspecified atom stereocenters. The number of nitro benzene ring substituents is 1. The number of aromatic nitrogens is 2. The van der Waals surface area contributed by atoms with Crippen LogP contribution in [0.2, 0.25) is 0 Å². The average Bonchev–Trinajstić information content (AvgIpc) is 2.92. The van der Waals surface area contributed by atoms with Gasteiger partial charge in [-0.3, -0.25) is 14.9 Å². The zero-order valence-electron chi connectivity index (χ0n) is 14.7. The molecule has 3 heterocycles. The van der Waals surface area contributed by atoms with Crippen LogP contribution in [0.25, 0.3) is 11.0 Å². The number of halogens is 1. The van der Waals surface area contributed by atoms with Crippen molar-refractivity contribution in [1.29, 1.82) is 0 Å². The van der Waals surface area contributed by atoms with E-state index in [2.05, 4.69) is 10.3 Å². The number of aryl methyl sites for hydroxylation is 1. The summed E-state index contributed by atoms with van der Waals surface area (Å²) < 4.78 is 15.4. The molecule has 3 aromatic rings. The highest BCUT2D eigenvalue weighted by molar-refractivity contribution is 6.08. The first kappa shape index (κ1) is 17.0. The van der Waals surface area contributed by atoms with Crippen LogP contribution in [0.3, 0.4) is 0 Å². The van der Waals surface area contributed by atoms with Gasteiger partial charge in [-0.15, -0.1) is 0 Å². The summed E-state index contributed by atoms with van der Waals surface area (Å²) in [5.41, 5.74) is 1.99. The lowest BCUT2D eigenvalue weighted by Crippen LogP contribution is -2.34. The number of anilines is 2. The second-order valence-electron chi connectivity index (χ2n) is 6.47. The number of nitrogens with zero attached hydrogens (tertiary/aromatic N) is 4. The Morgan fingerprint density at radius 2 is 2.04 bits per heavy atom. The number of pyridine rings is 1. The van der Waals surface area contributed by atoms with Crippen LogP contribution in [-0.4, -0.2) is 38.9 Å². The molecule has 8 nitrogen and oxygen atoms in total. The number of amides is 1. The number of carbonyl (C=O) groups is 1. The number of likely N-dealkylation sites (N-methyl/N-ethyl adjacent to an activating group) is 1. The largest absolute Gasteiger partial charge is 0.341 e. The number of fused-ring (bicyclic) bond motifs is 3. The minimum absolute atomic E-state index is 0.0291. The van der Waals surface area contributed by atoms with Gasteiger partial charge in [0, 0.05) is 49.9 Å². The third kappa shape index (κ3) is 2.67. The summed E-state index contributed by atoms with van der Waals surface area (Å²) in [7, 11) is 3.63. The molecule has 1 amide bonds. The van der Waals surface area contributed by atoms with Crippen molar-refractivity contribution >= 4 is 34.1 Å². The Morgan fingerprint density at radius 1 is 1.26 bits per heavy atom. The van der Waals surface area contributed by atoms with Gasteiger partial charge in [0.05, 0.1) is 10.5 Å². The normalized spacial score (nSPS) is 13.7. The first-order valence-corrected chi connectivity index (χ1v) is 8.31. The van der Waals surface area contributed by atoms with Gasteiger partial charge < -0.3 is 14.8 Å². The maximum Gasteiger partial charge on any atom is 0.306 e. The summed E-state index contributed by atoms with van der Waals surface area (Å²) in [6, 6.07) is 7.06. The summed E-state index contributed by atoms with van der Waals surface area (Å²) in [6.07, 6.45) is 0.747. The smallest absolute Gasteiger partial charge is 0.306 e. The van der Waals surface area contributed by atoms with Crippen molar-refractivity contribution in [1.82, 2.24) is 14.5 Å². The lowest BCUT2D eigenvalue weighted by atomic mass is 10.0. The molecule has 0 radical (unpaired) electrons. The third-order valence-electron chi connectivity index (χ3n) is 4.82. The van der Waals surface area contributed by atoms with E-state index in [0.717, 1.165) is 29.6 Å². The quantitative estimate of drug-likeness (QED) is 0.566. The van der Waals surface area contributed by atoms with E-state index in [1.165, 1.54) is 6.07 Å². The van der Waals surface area contributed by atoms with E-state index >= 15 is 0 Å². The van der Waals surface area contributed by atoms with Crippen molar-refractivity contribution in [3.05, 3.63) is 57.5 Å². The fraction of sp³-hybridized carbons (Fsp3) is 0.222. The Bertz CT molecular complexity index is 1110. The second kappa shape index (κ2) is 6.04. The molecule has 0 aliphatic carbocycles. The van der Waals surface area contributed by atoms with Crippen molar-refractivity contribution in [2.24, 2.45) is 7.05 Å². The highest BCUT2D eigenvalue weighted by Gasteiger charge is 2.28. The predicted molar refractivity (Wildman–Crippen MR) is 97.7 cm³/mol. The van der Waals surface area contributed by atoms with E-state index in [-0.39, 0.29) is 5.91 Å². The molecule has 0 fully saturated rings. The molecule has 1 N–H and O–H groups in total. The lowest BCUT2D eigenvalue weighted by molar-refractivity contribution is -0.387. The number of rotatable bonds is 3. The number of nitro groups is 1. The van der Waals surface area contributed by atoms with Crippen molar-refractivity contribution in [2.75, 3.05) is 18.9 Å². The average molecular weight is 369 g/mol. The summed E-state index contributed by atoms with van der Waals surface area (Å²) in [6.45, 7) is 0.653. The first-order valence-electron chi connectivity index (χ1n) is 8.31. The van der Waals surface area contributed by atoms with Crippen molar-refractivity contribution in [2.45, 2.75) is 6.42 Å². The number of nitrogens with one attached hydrogen (secondary N) is 1. The van der Waals surface area contributed by atoms with Crippen LogP contribution in [0.4, 0.5) is 21.6 Å². The van der Waals surface area contributed by atoms with Crippen LogP contribution in [-0.2, 0) is 13.5 Å². The van der Waals surface area contributed by atoms with Crippen LogP contribution in [0, 0.1) is 15.9 Å². The topological polar surface area (TPSA) is 93.3 Å². The highest BCUT2D eigenvalue weighted by Crippen LogP contribution is 2.31. The molecule has 0 spiro atoms. The predicted octanol–water partition coefficient (Wildman–Crippen LogP) is 2.99. The monoisotopic (exact) mass is 369 g/mol. The summed E-state index contributed by atoms with van der Waals surface area (Å²) in [5.74, 6) is -0.479. The molecule has 0 atom stereocenters. The van der Waals surface area contributed by atoms with Gasteiger partial charge in [0.25, 0.3) is 5.91 Å². The summed E-state index contributed by atoms with van der Waals surface area (Å²) in [4.78, 5) is 28.9. The Kier molecular flexibility index (Phi) is 3.79. The van der Waals surface area contributed by atoms with E-state index in [9.17, 15) is 19.3 Å². The molecule has 1 aromatic carbocycles. The molecule has 2 aromatic heterocycles. The van der Waals surface area contributed by atoms with Gasteiger partial charge >= 0.3 is 5.69 Å². The minimum Gasteiger partial charge on any atom is -0.341 e. The molecular weight excluding hydrogens is 353 g/mol. The molecule has 9 heteroatoms. The molecule has 27 heavy (non-hydrogen) atoms. The highest BCUT2D eigenvalue weighted by atomic mass is 19.1. The Balaban J connectivity index is 1.75. The third-order valence-corrected chi connectivity index (χ3v) is 4.82. The fourth-order valence-corrected chi connectivity index (χ4v) is 3.40. The Morgan fingerprint density at radius 3 is 2.78 bits per heavy atom. The first-order chi connectivity index (χ1) is 12.9. The van der Waals surface area contributed by atoms with Gasteiger partial charge in [-0.1, -0.05) is 0 Å². The van der Waals surface area contributed by atoms with Crippen molar-refractivity contribution in [3.8, 4) is 0 Å². The number of carbonyl (C=O) groups excluding carboxylic acids is 1. The van der Waals surface area contributed by atoms with Gasteiger partial charge in [0.2, 0.25) is 5.82 Å². The maximum atomic E-state index is 13.5. The SMILES string of the molecule is CN1CCc2c(c3ccc(Nc4ccc(F)c([N+](=O)[O-])c4)nc3n2C)C1=O. The van der Waals surface area contributed by atoms with E-state index in [1.807, 2.05) is 11.6 Å². The molecule has 138 valence electrons. The van der Waals surface area contributed by atoms with E-state index in [4.69, 9.17) is 0 Å². The fourth-order valence-electron chi connectivity index (χ4n) is 3.40. The molecule has 0 bridgehead atoms.